The van der Waals surface area contributed by atoms with Crippen LogP contribution in [0.25, 0.3) is 0 Å². The normalized spacial score (nSPS) is 20.9. The Labute approximate surface area is 207 Å². The van der Waals surface area contributed by atoms with Gasteiger partial charge >= 0.3 is 0 Å². The van der Waals surface area contributed by atoms with E-state index in [1.807, 2.05) is 6.07 Å². The Kier molecular flexibility index (Phi) is 7.93. The first-order chi connectivity index (χ1) is 17.1. The fraction of sp³-hybridized carbons (Fsp3) is 0.643. The first-order valence-electron chi connectivity index (χ1n) is 13.4. The summed E-state index contributed by atoms with van der Waals surface area (Å²) >= 11 is 0. The lowest BCUT2D eigenvalue weighted by Gasteiger charge is -2.26. The number of hydrogen-bond donors (Lipinski definition) is 1. The van der Waals surface area contributed by atoms with Crippen molar-refractivity contribution in [3.05, 3.63) is 53.0 Å². The highest BCUT2D eigenvalue weighted by atomic mass is 19.3. The van der Waals surface area contributed by atoms with Crippen molar-refractivity contribution in [1.29, 1.82) is 0 Å². The molecular weight excluding hydrogens is 446 g/mol. The number of fused-ring (bicyclic) bond motifs is 1. The molecule has 2 aromatic rings. The molecule has 1 saturated carbocycles. The lowest BCUT2D eigenvalue weighted by molar-refractivity contribution is -0.0631. The van der Waals surface area contributed by atoms with E-state index in [1.54, 1.807) is 6.20 Å². The number of aromatic nitrogens is 2. The van der Waals surface area contributed by atoms with Crippen molar-refractivity contribution in [2.24, 2.45) is 5.92 Å². The monoisotopic (exact) mass is 484 g/mol. The van der Waals surface area contributed by atoms with Gasteiger partial charge in [-0.3, -0.25) is 9.88 Å². The quantitative estimate of drug-likeness (QED) is 0.410. The van der Waals surface area contributed by atoms with Gasteiger partial charge in [0, 0.05) is 43.9 Å². The summed E-state index contributed by atoms with van der Waals surface area (Å²) in [5.41, 5.74) is 4.31. The summed E-state index contributed by atoms with van der Waals surface area (Å²) in [6, 6.07) is 8.18. The van der Waals surface area contributed by atoms with Crippen LogP contribution in [0.15, 0.2) is 30.5 Å². The second kappa shape index (κ2) is 11.3. The second-order valence-corrected chi connectivity index (χ2v) is 10.5. The van der Waals surface area contributed by atoms with Crippen molar-refractivity contribution in [3.63, 3.8) is 0 Å². The summed E-state index contributed by atoms with van der Waals surface area (Å²) in [7, 11) is 0. The smallest absolute Gasteiger partial charge is 0.252 e. The van der Waals surface area contributed by atoms with Crippen molar-refractivity contribution in [2.75, 3.05) is 25.0 Å². The number of alkyl halides is 2. The molecule has 2 aliphatic heterocycles. The highest BCUT2D eigenvalue weighted by Gasteiger charge is 2.42. The molecule has 1 saturated heterocycles. The summed E-state index contributed by atoms with van der Waals surface area (Å²) in [4.78, 5) is 11.4. The number of rotatable bonds is 11. The molecule has 7 heteroatoms. The van der Waals surface area contributed by atoms with Crippen molar-refractivity contribution in [2.45, 2.75) is 89.4 Å². The lowest BCUT2D eigenvalue weighted by Crippen LogP contribution is -2.31. The number of likely N-dealkylation sites (tertiary alicyclic amines) is 1. The summed E-state index contributed by atoms with van der Waals surface area (Å²) in [5.74, 6) is -2.21. The molecule has 1 N–H and O–H groups in total. The molecule has 190 valence electrons. The van der Waals surface area contributed by atoms with Gasteiger partial charge in [-0.05, 0) is 87.6 Å². The number of pyridine rings is 2. The molecule has 2 aromatic heterocycles. The number of halogens is 2. The molecule has 5 rings (SSSR count). The SMILES string of the molecule is FC(F)(CCCCc1ccc2c(n1)NCCC2)C1CCN(Cc2cccnc2COC2CCC2)C1. The van der Waals surface area contributed by atoms with E-state index < -0.39 is 11.8 Å². The summed E-state index contributed by atoms with van der Waals surface area (Å²) in [6.07, 6.45) is 10.4. The maximum Gasteiger partial charge on any atom is 0.252 e. The van der Waals surface area contributed by atoms with Crippen molar-refractivity contribution >= 4 is 5.82 Å². The standard InChI is InChI=1S/C28H38F2N4O/c29-28(30,14-2-1-8-24-12-11-21-6-4-16-32-27(21)33-24)23-13-17-34(19-23)18-22-7-5-15-31-26(22)20-35-25-9-3-10-25/h5,7,11-12,15,23,25H,1-4,6,8-10,13-14,16-20H2,(H,32,33). The van der Waals surface area contributed by atoms with Gasteiger partial charge in [0.15, 0.2) is 0 Å². The van der Waals surface area contributed by atoms with E-state index in [2.05, 4.69) is 33.4 Å². The highest BCUT2D eigenvalue weighted by molar-refractivity contribution is 5.47. The number of ether oxygens (including phenoxy) is 1. The maximum absolute atomic E-state index is 15.0. The van der Waals surface area contributed by atoms with Crippen LogP contribution in [0, 0.1) is 5.92 Å². The third-order valence-electron chi connectivity index (χ3n) is 7.90. The summed E-state index contributed by atoms with van der Waals surface area (Å²) in [5, 5.41) is 3.35. The Hall–Kier alpha value is -2.12. The number of unbranched alkanes of at least 4 members (excludes halogenated alkanes) is 1. The molecule has 35 heavy (non-hydrogen) atoms. The summed E-state index contributed by atoms with van der Waals surface area (Å²) in [6.45, 7) is 3.31. The zero-order valence-corrected chi connectivity index (χ0v) is 20.7. The van der Waals surface area contributed by atoms with E-state index in [9.17, 15) is 0 Å². The molecule has 1 aliphatic carbocycles. The number of nitrogens with one attached hydrogen (secondary N) is 1. The zero-order valence-electron chi connectivity index (χ0n) is 20.7. The molecule has 0 radical (unpaired) electrons. The Balaban J connectivity index is 1.06. The number of anilines is 1. The minimum Gasteiger partial charge on any atom is -0.372 e. The van der Waals surface area contributed by atoms with Crippen LogP contribution in [0.5, 0.6) is 0 Å². The van der Waals surface area contributed by atoms with Crippen LogP contribution in [-0.2, 0) is 30.7 Å². The lowest BCUT2D eigenvalue weighted by atomic mass is 9.95. The van der Waals surface area contributed by atoms with Gasteiger partial charge in [0.25, 0.3) is 5.92 Å². The first kappa shape index (κ1) is 24.6. The van der Waals surface area contributed by atoms with Crippen molar-refractivity contribution < 1.29 is 13.5 Å². The molecule has 0 spiro atoms. The second-order valence-electron chi connectivity index (χ2n) is 10.5. The maximum atomic E-state index is 15.0. The van der Waals surface area contributed by atoms with Gasteiger partial charge in [0.1, 0.15) is 5.82 Å². The highest BCUT2D eigenvalue weighted by Crippen LogP contribution is 2.37. The zero-order chi connectivity index (χ0) is 24.1. The first-order valence-corrected chi connectivity index (χ1v) is 13.4. The van der Waals surface area contributed by atoms with Crippen LogP contribution in [-0.4, -0.2) is 46.5 Å². The fourth-order valence-corrected chi connectivity index (χ4v) is 5.42. The van der Waals surface area contributed by atoms with Gasteiger partial charge in [-0.2, -0.15) is 0 Å². The molecule has 4 heterocycles. The van der Waals surface area contributed by atoms with E-state index in [1.165, 1.54) is 12.0 Å². The molecule has 0 bridgehead atoms. The van der Waals surface area contributed by atoms with Crippen molar-refractivity contribution in [3.8, 4) is 0 Å². The third-order valence-corrected chi connectivity index (χ3v) is 7.90. The fourth-order valence-electron chi connectivity index (χ4n) is 5.42. The van der Waals surface area contributed by atoms with Gasteiger partial charge in [-0.1, -0.05) is 12.1 Å². The van der Waals surface area contributed by atoms with E-state index >= 15 is 8.78 Å². The third kappa shape index (κ3) is 6.36. The Morgan fingerprint density at radius 3 is 2.89 bits per heavy atom. The molecular formula is C28H38F2N4O. The Morgan fingerprint density at radius 1 is 1.11 bits per heavy atom. The Morgan fingerprint density at radius 2 is 2.03 bits per heavy atom. The van der Waals surface area contributed by atoms with E-state index in [-0.39, 0.29) is 6.42 Å². The van der Waals surface area contributed by atoms with Crippen LogP contribution in [0.2, 0.25) is 0 Å². The minimum atomic E-state index is -2.62. The molecule has 0 aromatic carbocycles. The van der Waals surface area contributed by atoms with Crippen LogP contribution in [0.1, 0.15) is 73.9 Å². The van der Waals surface area contributed by atoms with Gasteiger partial charge in [0.05, 0.1) is 18.4 Å². The van der Waals surface area contributed by atoms with E-state index in [0.717, 1.165) is 67.8 Å². The van der Waals surface area contributed by atoms with Crippen LogP contribution in [0.3, 0.4) is 0 Å². The molecule has 2 fully saturated rings. The van der Waals surface area contributed by atoms with Crippen LogP contribution in [0.4, 0.5) is 14.6 Å². The molecule has 1 unspecified atom stereocenters. The molecule has 5 nitrogen and oxygen atoms in total. The number of hydrogen-bond acceptors (Lipinski definition) is 5. The molecule has 0 amide bonds. The van der Waals surface area contributed by atoms with Gasteiger partial charge in [-0.15, -0.1) is 0 Å². The predicted octanol–water partition coefficient (Wildman–Crippen LogP) is 5.77. The van der Waals surface area contributed by atoms with Gasteiger partial charge < -0.3 is 10.1 Å². The average molecular weight is 485 g/mol. The average Bonchev–Trinajstić information content (AvgIpc) is 3.31. The largest absolute Gasteiger partial charge is 0.372 e. The van der Waals surface area contributed by atoms with Crippen LogP contribution >= 0.6 is 0 Å². The van der Waals surface area contributed by atoms with Gasteiger partial charge in [-0.25, -0.2) is 13.8 Å². The number of nitrogens with zero attached hydrogens (tertiary/aromatic N) is 3. The van der Waals surface area contributed by atoms with Gasteiger partial charge in [0.2, 0.25) is 0 Å². The predicted molar refractivity (Wildman–Crippen MR) is 134 cm³/mol. The van der Waals surface area contributed by atoms with Crippen molar-refractivity contribution in [1.82, 2.24) is 14.9 Å². The Bertz CT molecular complexity index is 981. The molecule has 1 atom stereocenters. The topological polar surface area (TPSA) is 50.3 Å². The van der Waals surface area contributed by atoms with Crippen LogP contribution < -0.4 is 5.32 Å². The minimum absolute atomic E-state index is 0.0396. The molecule has 3 aliphatic rings. The van der Waals surface area contributed by atoms with E-state index in [0.29, 0.717) is 45.2 Å². The summed E-state index contributed by atoms with van der Waals surface area (Å²) < 4.78 is 36.0. The number of aryl methyl sites for hydroxylation is 2. The van der Waals surface area contributed by atoms with E-state index in [4.69, 9.17) is 9.72 Å².